The van der Waals surface area contributed by atoms with Gasteiger partial charge in [0.25, 0.3) is 0 Å². The van der Waals surface area contributed by atoms with Crippen molar-refractivity contribution in [3.63, 3.8) is 0 Å². The summed E-state index contributed by atoms with van der Waals surface area (Å²) in [6, 6.07) is 12.6. The average Bonchev–Trinajstić information content (AvgIpc) is 2.38. The lowest BCUT2D eigenvalue weighted by Gasteiger charge is -2.22. The van der Waals surface area contributed by atoms with Crippen molar-refractivity contribution in [2.24, 2.45) is 0 Å². The molecular formula is C15H15BrFNO. The van der Waals surface area contributed by atoms with Gasteiger partial charge in [0.05, 0.1) is 12.3 Å². The number of hydrogen-bond donors (Lipinski definition) is 1. The third-order valence-corrected chi connectivity index (χ3v) is 3.42. The second-order valence-corrected chi connectivity index (χ2v) is 5.31. The van der Waals surface area contributed by atoms with E-state index < -0.39 is 0 Å². The summed E-state index contributed by atoms with van der Waals surface area (Å²) in [6.45, 7) is 0.406. The van der Waals surface area contributed by atoms with Crippen LogP contribution in [0.15, 0.2) is 46.9 Å². The van der Waals surface area contributed by atoms with E-state index in [4.69, 9.17) is 0 Å². The summed E-state index contributed by atoms with van der Waals surface area (Å²) in [5, 5.41) is 9.30. The van der Waals surface area contributed by atoms with Crippen molar-refractivity contribution in [1.29, 1.82) is 0 Å². The molecule has 0 aromatic heterocycles. The highest BCUT2D eigenvalue weighted by Gasteiger charge is 2.12. The van der Waals surface area contributed by atoms with Gasteiger partial charge in [0.2, 0.25) is 0 Å². The van der Waals surface area contributed by atoms with Crippen LogP contribution in [-0.4, -0.2) is 12.2 Å². The van der Waals surface area contributed by atoms with Gasteiger partial charge in [0, 0.05) is 23.6 Å². The first-order valence-corrected chi connectivity index (χ1v) is 6.75. The number of anilines is 1. The van der Waals surface area contributed by atoms with Gasteiger partial charge in [-0.05, 0) is 23.8 Å². The van der Waals surface area contributed by atoms with E-state index >= 15 is 0 Å². The molecule has 0 aliphatic rings. The van der Waals surface area contributed by atoms with Gasteiger partial charge in [0.1, 0.15) is 5.82 Å². The third kappa shape index (κ3) is 3.33. The second-order valence-electron chi connectivity index (χ2n) is 4.39. The average molecular weight is 324 g/mol. The number of aliphatic hydroxyl groups is 1. The van der Waals surface area contributed by atoms with E-state index in [2.05, 4.69) is 15.9 Å². The van der Waals surface area contributed by atoms with E-state index in [1.54, 1.807) is 12.1 Å². The Morgan fingerprint density at radius 3 is 2.63 bits per heavy atom. The fraction of sp³-hybridized carbons (Fsp3) is 0.200. The van der Waals surface area contributed by atoms with Crippen LogP contribution in [0.3, 0.4) is 0 Å². The van der Waals surface area contributed by atoms with Gasteiger partial charge < -0.3 is 10.0 Å². The standard InChI is InChI=1S/C15H15BrFNO/c1-18(9-11-4-2-6-13(16)8-11)15-12(10-19)5-3-7-14(15)17/h2-8,19H,9-10H2,1H3. The summed E-state index contributed by atoms with van der Waals surface area (Å²) >= 11 is 3.42. The molecule has 2 aromatic rings. The number of nitrogens with zero attached hydrogens (tertiary/aromatic N) is 1. The minimum absolute atomic E-state index is 0.171. The Labute approximate surface area is 120 Å². The monoisotopic (exact) mass is 323 g/mol. The van der Waals surface area contributed by atoms with Gasteiger partial charge in [-0.25, -0.2) is 4.39 Å². The zero-order chi connectivity index (χ0) is 13.8. The minimum atomic E-state index is -0.316. The van der Waals surface area contributed by atoms with Gasteiger partial charge in [0.15, 0.2) is 0 Å². The van der Waals surface area contributed by atoms with Gasteiger partial charge in [-0.15, -0.1) is 0 Å². The molecule has 2 rings (SSSR count). The molecule has 100 valence electrons. The van der Waals surface area contributed by atoms with Crippen LogP contribution in [0.4, 0.5) is 10.1 Å². The van der Waals surface area contributed by atoms with Crippen LogP contribution in [0.25, 0.3) is 0 Å². The Balaban J connectivity index is 2.27. The molecule has 2 nitrogen and oxygen atoms in total. The molecule has 0 spiro atoms. The van der Waals surface area contributed by atoms with Crippen molar-refractivity contribution in [2.75, 3.05) is 11.9 Å². The number of aliphatic hydroxyl groups excluding tert-OH is 1. The molecule has 0 fully saturated rings. The van der Waals surface area contributed by atoms with Gasteiger partial charge >= 0.3 is 0 Å². The molecule has 0 aliphatic heterocycles. The van der Waals surface area contributed by atoms with Gasteiger partial charge in [-0.2, -0.15) is 0 Å². The van der Waals surface area contributed by atoms with Crippen LogP contribution < -0.4 is 4.90 Å². The molecule has 1 N–H and O–H groups in total. The predicted molar refractivity (Wildman–Crippen MR) is 78.6 cm³/mol. The molecule has 0 saturated heterocycles. The molecule has 0 saturated carbocycles. The van der Waals surface area contributed by atoms with Crippen molar-refractivity contribution in [3.8, 4) is 0 Å². The topological polar surface area (TPSA) is 23.5 Å². The highest BCUT2D eigenvalue weighted by atomic mass is 79.9. The van der Waals surface area contributed by atoms with Crippen molar-refractivity contribution in [2.45, 2.75) is 13.2 Å². The van der Waals surface area contributed by atoms with Crippen molar-refractivity contribution in [1.82, 2.24) is 0 Å². The molecule has 0 aliphatic carbocycles. The SMILES string of the molecule is CN(Cc1cccc(Br)c1)c1c(F)cccc1CO. The molecule has 0 heterocycles. The molecule has 0 atom stereocenters. The van der Waals surface area contributed by atoms with Gasteiger partial charge in [-0.3, -0.25) is 0 Å². The maximum absolute atomic E-state index is 13.9. The first-order chi connectivity index (χ1) is 9.11. The van der Waals surface area contributed by atoms with E-state index in [1.807, 2.05) is 36.2 Å². The van der Waals surface area contributed by atoms with Crippen LogP contribution in [0.2, 0.25) is 0 Å². The van der Waals surface area contributed by atoms with Crippen molar-refractivity contribution in [3.05, 3.63) is 63.9 Å². The predicted octanol–water partition coefficient (Wildman–Crippen LogP) is 3.72. The quantitative estimate of drug-likeness (QED) is 0.927. The number of hydrogen-bond acceptors (Lipinski definition) is 2. The van der Waals surface area contributed by atoms with Crippen LogP contribution in [0, 0.1) is 5.82 Å². The lowest BCUT2D eigenvalue weighted by molar-refractivity contribution is 0.281. The smallest absolute Gasteiger partial charge is 0.146 e. The maximum atomic E-state index is 13.9. The zero-order valence-corrected chi connectivity index (χ0v) is 12.2. The number of rotatable bonds is 4. The van der Waals surface area contributed by atoms with Crippen molar-refractivity contribution >= 4 is 21.6 Å². The maximum Gasteiger partial charge on any atom is 0.146 e. The number of benzene rings is 2. The van der Waals surface area contributed by atoms with E-state index in [1.165, 1.54) is 6.07 Å². The lowest BCUT2D eigenvalue weighted by atomic mass is 10.1. The van der Waals surface area contributed by atoms with E-state index in [-0.39, 0.29) is 12.4 Å². The molecule has 4 heteroatoms. The Morgan fingerprint density at radius 1 is 1.21 bits per heavy atom. The molecule has 19 heavy (non-hydrogen) atoms. The molecule has 0 unspecified atom stereocenters. The zero-order valence-electron chi connectivity index (χ0n) is 10.6. The van der Waals surface area contributed by atoms with Crippen LogP contribution >= 0.6 is 15.9 Å². The molecular weight excluding hydrogens is 309 g/mol. The van der Waals surface area contributed by atoms with Crippen LogP contribution in [0.5, 0.6) is 0 Å². The second kappa shape index (κ2) is 6.17. The van der Waals surface area contributed by atoms with Crippen LogP contribution in [0.1, 0.15) is 11.1 Å². The summed E-state index contributed by atoms with van der Waals surface area (Å²) in [4.78, 5) is 1.81. The molecule has 0 amide bonds. The molecule has 0 bridgehead atoms. The summed E-state index contributed by atoms with van der Waals surface area (Å²) in [7, 11) is 1.82. The summed E-state index contributed by atoms with van der Waals surface area (Å²) in [6.07, 6.45) is 0. The summed E-state index contributed by atoms with van der Waals surface area (Å²) in [5.74, 6) is -0.316. The highest BCUT2D eigenvalue weighted by molar-refractivity contribution is 9.10. The summed E-state index contributed by atoms with van der Waals surface area (Å²) in [5.41, 5.74) is 2.12. The first kappa shape index (κ1) is 14.0. The third-order valence-electron chi connectivity index (χ3n) is 2.93. The minimum Gasteiger partial charge on any atom is -0.392 e. The van der Waals surface area contributed by atoms with Crippen LogP contribution in [-0.2, 0) is 13.2 Å². The van der Waals surface area contributed by atoms with E-state index in [9.17, 15) is 9.50 Å². The fourth-order valence-electron chi connectivity index (χ4n) is 2.10. The largest absolute Gasteiger partial charge is 0.392 e. The van der Waals surface area contributed by atoms with E-state index in [0.717, 1.165) is 10.0 Å². The molecule has 0 radical (unpaired) electrons. The summed E-state index contributed by atoms with van der Waals surface area (Å²) < 4.78 is 14.9. The highest BCUT2D eigenvalue weighted by Crippen LogP contribution is 2.25. The first-order valence-electron chi connectivity index (χ1n) is 5.95. The van der Waals surface area contributed by atoms with E-state index in [0.29, 0.717) is 17.8 Å². The normalized spacial score (nSPS) is 10.5. The Kier molecular flexibility index (Phi) is 4.56. The molecule has 2 aromatic carbocycles. The Hall–Kier alpha value is -1.39. The Bertz CT molecular complexity index is 574. The van der Waals surface area contributed by atoms with Crippen molar-refractivity contribution < 1.29 is 9.50 Å². The lowest BCUT2D eigenvalue weighted by Crippen LogP contribution is -2.19. The number of para-hydroxylation sites is 1. The van der Waals surface area contributed by atoms with Gasteiger partial charge in [-0.1, -0.05) is 40.2 Å². The number of halogens is 2. The fourth-order valence-corrected chi connectivity index (χ4v) is 2.55. The Morgan fingerprint density at radius 2 is 1.95 bits per heavy atom.